The van der Waals surface area contributed by atoms with Gasteiger partial charge >= 0.3 is 5.97 Å². The number of nitrogens with one attached hydrogen (secondary N) is 2. The van der Waals surface area contributed by atoms with Gasteiger partial charge in [0.2, 0.25) is 6.41 Å². The number of benzene rings is 3. The van der Waals surface area contributed by atoms with Crippen molar-refractivity contribution in [3.8, 4) is 17.2 Å². The maximum Gasteiger partial charge on any atom is 0.335 e. The van der Waals surface area contributed by atoms with E-state index in [4.69, 9.17) is 14.6 Å². The fraction of sp³-hybridized carbons (Fsp3) is 0.259. The molecule has 0 saturated heterocycles. The first kappa shape index (κ1) is 28.2. The van der Waals surface area contributed by atoms with Crippen LogP contribution in [0.25, 0.3) is 0 Å². The minimum absolute atomic E-state index is 0.0381. The van der Waals surface area contributed by atoms with Gasteiger partial charge in [-0.2, -0.15) is 0 Å². The molecule has 3 aromatic carbocycles. The fourth-order valence-corrected chi connectivity index (χ4v) is 3.29. The Hall–Kier alpha value is -4.08. The molecule has 0 fully saturated rings. The molecule has 1 amide bonds. The van der Waals surface area contributed by atoms with Gasteiger partial charge in [0.1, 0.15) is 17.2 Å². The number of carboxylic acids is 1. The Morgan fingerprint density at radius 3 is 2.08 bits per heavy atom. The number of hydrogen-bond donors (Lipinski definition) is 5. The summed E-state index contributed by atoms with van der Waals surface area (Å²) in [4.78, 5) is 20.9. The number of phenols is 1. The predicted octanol–water partition coefficient (Wildman–Crippen LogP) is 3.62. The van der Waals surface area contributed by atoms with Gasteiger partial charge in [0.15, 0.2) is 0 Å². The number of rotatable bonds is 11. The van der Waals surface area contributed by atoms with Crippen LogP contribution in [0.15, 0.2) is 66.7 Å². The van der Waals surface area contributed by atoms with Crippen LogP contribution in [0.2, 0.25) is 0 Å². The van der Waals surface area contributed by atoms with Crippen molar-refractivity contribution in [2.24, 2.45) is 0 Å². The molecular formula is C27H32N2O7. The summed E-state index contributed by atoms with van der Waals surface area (Å²) in [5.74, 6) is 0.526. The smallest absolute Gasteiger partial charge is 0.335 e. The van der Waals surface area contributed by atoms with Crippen molar-refractivity contribution in [1.29, 1.82) is 0 Å². The summed E-state index contributed by atoms with van der Waals surface area (Å²) < 4.78 is 10.0. The van der Waals surface area contributed by atoms with Gasteiger partial charge in [0, 0.05) is 12.6 Å². The van der Waals surface area contributed by atoms with E-state index in [1.165, 1.54) is 30.9 Å². The minimum Gasteiger partial charge on any atom is -0.506 e. The molecule has 0 heterocycles. The highest BCUT2D eigenvalue weighted by molar-refractivity contribution is 5.87. The van der Waals surface area contributed by atoms with Crippen LogP contribution in [0.4, 0.5) is 5.69 Å². The minimum atomic E-state index is -0.923. The van der Waals surface area contributed by atoms with Crippen molar-refractivity contribution in [2.75, 3.05) is 26.1 Å². The number of aromatic hydroxyl groups is 1. The zero-order valence-corrected chi connectivity index (χ0v) is 20.5. The molecule has 0 aliphatic carbocycles. The average Bonchev–Trinajstić information content (AvgIpc) is 2.89. The second-order valence-corrected chi connectivity index (χ2v) is 7.95. The summed E-state index contributed by atoms with van der Waals surface area (Å²) in [5, 5.41) is 34.2. The molecule has 0 spiro atoms. The number of ether oxygens (including phenoxy) is 2. The number of aliphatic hydroxyl groups excluding tert-OH is 1. The van der Waals surface area contributed by atoms with E-state index in [1.54, 1.807) is 31.4 Å². The van der Waals surface area contributed by atoms with Crippen LogP contribution in [0, 0.1) is 0 Å². The number of hydrogen-bond acceptors (Lipinski definition) is 7. The van der Waals surface area contributed by atoms with E-state index in [0.29, 0.717) is 24.3 Å². The average molecular weight is 497 g/mol. The molecule has 5 N–H and O–H groups in total. The maximum absolute atomic E-state index is 10.5. The second-order valence-electron chi connectivity index (χ2n) is 7.95. The van der Waals surface area contributed by atoms with Gasteiger partial charge in [0.25, 0.3) is 0 Å². The van der Waals surface area contributed by atoms with Crippen LogP contribution in [0.5, 0.6) is 17.2 Å². The molecule has 3 rings (SSSR count). The molecule has 9 heteroatoms. The topological polar surface area (TPSA) is 137 Å². The number of carbonyl (C=O) groups is 2. The molecule has 2 unspecified atom stereocenters. The number of aromatic carboxylic acids is 1. The third-order valence-electron chi connectivity index (χ3n) is 5.32. The van der Waals surface area contributed by atoms with Crippen molar-refractivity contribution in [3.05, 3.63) is 83.4 Å². The van der Waals surface area contributed by atoms with E-state index < -0.39 is 12.1 Å². The monoisotopic (exact) mass is 496 g/mol. The molecule has 0 aromatic heterocycles. The van der Waals surface area contributed by atoms with Crippen LogP contribution < -0.4 is 20.1 Å². The third-order valence-corrected chi connectivity index (χ3v) is 5.32. The van der Waals surface area contributed by atoms with E-state index >= 15 is 0 Å². The highest BCUT2D eigenvalue weighted by Gasteiger charge is 2.12. The van der Waals surface area contributed by atoms with Crippen LogP contribution >= 0.6 is 0 Å². The van der Waals surface area contributed by atoms with Crippen LogP contribution in [0.3, 0.4) is 0 Å². The Bertz CT molecular complexity index is 1100. The Morgan fingerprint density at radius 1 is 0.972 bits per heavy atom. The van der Waals surface area contributed by atoms with Crippen molar-refractivity contribution < 1.29 is 34.4 Å². The molecule has 0 aliphatic rings. The van der Waals surface area contributed by atoms with Gasteiger partial charge in [-0.25, -0.2) is 4.79 Å². The van der Waals surface area contributed by atoms with Crippen molar-refractivity contribution in [2.45, 2.75) is 25.5 Å². The summed E-state index contributed by atoms with van der Waals surface area (Å²) in [6.45, 7) is 2.41. The van der Waals surface area contributed by atoms with Gasteiger partial charge in [0.05, 0.1) is 31.6 Å². The number of carboxylic acid groups (broad SMARTS) is 1. The first-order valence-corrected chi connectivity index (χ1v) is 11.2. The maximum atomic E-state index is 10.5. The van der Waals surface area contributed by atoms with E-state index in [9.17, 15) is 19.8 Å². The number of methoxy groups -OCH3 is 2. The normalized spacial score (nSPS) is 11.9. The number of carbonyl (C=O) groups excluding carboxylic acids is 1. The second kappa shape index (κ2) is 14.3. The third kappa shape index (κ3) is 8.94. The predicted molar refractivity (Wildman–Crippen MR) is 137 cm³/mol. The van der Waals surface area contributed by atoms with Gasteiger partial charge in [-0.15, -0.1) is 0 Å². The SMILES string of the molecule is COc1ccc(C(=O)O)cc1.COc1ccc(CC(C)NCC(O)c2ccc(O)c(NC=O)c2)cc1. The molecule has 9 nitrogen and oxygen atoms in total. The Morgan fingerprint density at radius 2 is 1.56 bits per heavy atom. The largest absolute Gasteiger partial charge is 0.506 e. The van der Waals surface area contributed by atoms with Crippen LogP contribution in [-0.4, -0.2) is 54.5 Å². The van der Waals surface area contributed by atoms with E-state index in [2.05, 4.69) is 10.6 Å². The highest BCUT2D eigenvalue weighted by atomic mass is 16.5. The first-order valence-electron chi connectivity index (χ1n) is 11.2. The fourth-order valence-electron chi connectivity index (χ4n) is 3.29. The molecule has 192 valence electrons. The molecule has 2 atom stereocenters. The lowest BCUT2D eigenvalue weighted by atomic mass is 10.1. The number of anilines is 1. The van der Waals surface area contributed by atoms with Crippen LogP contribution in [0.1, 0.15) is 34.5 Å². The number of aliphatic hydroxyl groups is 1. The van der Waals surface area contributed by atoms with E-state index in [1.807, 2.05) is 31.2 Å². The number of amides is 1. The van der Waals surface area contributed by atoms with Gasteiger partial charge < -0.3 is 35.4 Å². The molecule has 0 radical (unpaired) electrons. The molecule has 0 bridgehead atoms. The van der Waals surface area contributed by atoms with E-state index in [0.717, 1.165) is 12.2 Å². The summed E-state index contributed by atoms with van der Waals surface area (Å²) in [7, 11) is 3.18. The standard InChI is InChI=1S/C19H24N2O4.C8H8O3/c1-13(9-14-3-6-16(25-2)7-4-14)20-11-19(24)15-5-8-18(23)17(10-15)21-12-22;1-11-7-4-2-6(3-5-7)8(9)10/h3-8,10,12-13,19-20,23-24H,9,11H2,1-2H3,(H,21,22);2-5H,1H3,(H,9,10). The Kier molecular flexibility index (Phi) is 11.2. The summed E-state index contributed by atoms with van der Waals surface area (Å²) in [6, 6.07) is 18.9. The molecule has 36 heavy (non-hydrogen) atoms. The summed E-state index contributed by atoms with van der Waals surface area (Å²) in [5.41, 5.74) is 2.34. The van der Waals surface area contributed by atoms with Gasteiger partial charge in [-0.05, 0) is 73.0 Å². The zero-order valence-electron chi connectivity index (χ0n) is 20.5. The molecule has 3 aromatic rings. The highest BCUT2D eigenvalue weighted by Crippen LogP contribution is 2.26. The molecule has 0 aliphatic heterocycles. The van der Waals surface area contributed by atoms with Gasteiger partial charge in [-0.1, -0.05) is 18.2 Å². The lowest BCUT2D eigenvalue weighted by Gasteiger charge is -2.18. The number of phenolic OH excluding ortho intramolecular Hbond substituents is 1. The van der Waals surface area contributed by atoms with Crippen molar-refractivity contribution >= 4 is 18.1 Å². The lowest BCUT2D eigenvalue weighted by Crippen LogP contribution is -2.32. The summed E-state index contributed by atoms with van der Waals surface area (Å²) >= 11 is 0. The zero-order chi connectivity index (χ0) is 26.5. The molecule has 0 saturated carbocycles. The first-order chi connectivity index (χ1) is 17.3. The Labute approximate surface area is 210 Å². The lowest BCUT2D eigenvalue weighted by molar-refractivity contribution is -0.105. The Balaban J connectivity index is 0.000000346. The van der Waals surface area contributed by atoms with Crippen molar-refractivity contribution in [3.63, 3.8) is 0 Å². The van der Waals surface area contributed by atoms with E-state index in [-0.39, 0.29) is 23.0 Å². The molecular weight excluding hydrogens is 464 g/mol. The van der Waals surface area contributed by atoms with Crippen LogP contribution in [-0.2, 0) is 11.2 Å². The van der Waals surface area contributed by atoms with Gasteiger partial charge in [-0.3, -0.25) is 4.79 Å². The quantitative estimate of drug-likeness (QED) is 0.201. The van der Waals surface area contributed by atoms with Crippen molar-refractivity contribution in [1.82, 2.24) is 5.32 Å². The summed E-state index contributed by atoms with van der Waals surface area (Å²) in [6.07, 6.45) is 0.566.